The average Bonchev–Trinajstić information content (AvgIpc) is 2.85. The Kier molecular flexibility index (Phi) is 4.57. The van der Waals surface area contributed by atoms with Crippen LogP contribution < -0.4 is 5.32 Å². The number of hydrogen-bond acceptors (Lipinski definition) is 2. The van der Waals surface area contributed by atoms with Gasteiger partial charge in [-0.2, -0.15) is 0 Å². The summed E-state index contributed by atoms with van der Waals surface area (Å²) in [7, 11) is 0. The van der Waals surface area contributed by atoms with Crippen molar-refractivity contribution in [2.75, 3.05) is 6.54 Å². The van der Waals surface area contributed by atoms with Crippen molar-refractivity contribution >= 4 is 17.4 Å². The first-order valence-electron chi connectivity index (χ1n) is 6.26. The number of nitrogens with one attached hydrogen (secondary N) is 1. The number of rotatable bonds is 5. The Hall–Kier alpha value is -0.860. The Morgan fingerprint density at radius 3 is 2.76 bits per heavy atom. The highest BCUT2D eigenvalue weighted by Gasteiger charge is 2.20. The molecule has 17 heavy (non-hydrogen) atoms. The van der Waals surface area contributed by atoms with E-state index in [-0.39, 0.29) is 6.04 Å². The number of Topliss-reactive ketones (excluding diaryl/α,β-unsaturated/α-hetero) is 1. The molecule has 92 valence electrons. The van der Waals surface area contributed by atoms with Crippen molar-refractivity contribution in [3.8, 4) is 0 Å². The molecule has 1 fully saturated rings. The first kappa shape index (κ1) is 12.6. The van der Waals surface area contributed by atoms with Gasteiger partial charge in [0, 0.05) is 11.4 Å². The van der Waals surface area contributed by atoms with Crippen LogP contribution in [0.1, 0.15) is 31.2 Å². The Labute approximate surface area is 107 Å². The highest BCUT2D eigenvalue weighted by molar-refractivity contribution is 6.30. The molecule has 0 spiro atoms. The number of hydrogen-bond donors (Lipinski definition) is 1. The van der Waals surface area contributed by atoms with Gasteiger partial charge < -0.3 is 5.32 Å². The summed E-state index contributed by atoms with van der Waals surface area (Å²) in [6.45, 7) is 0.994. The standard InChI is InChI=1S/C14H18ClNO/c15-12-8-6-11(7-9-12)3-1-5-14(17)13-4-2-10-16-13/h6-9,13,16H,1-5,10H2/t13-/m0/s1. The van der Waals surface area contributed by atoms with E-state index in [1.165, 1.54) is 5.56 Å². The molecule has 1 N–H and O–H groups in total. The zero-order valence-corrected chi connectivity index (χ0v) is 10.7. The van der Waals surface area contributed by atoms with Crippen molar-refractivity contribution in [2.24, 2.45) is 0 Å². The van der Waals surface area contributed by atoms with Gasteiger partial charge in [0.25, 0.3) is 0 Å². The molecule has 1 atom stereocenters. The second-order valence-corrected chi connectivity index (χ2v) is 5.03. The van der Waals surface area contributed by atoms with E-state index in [1.807, 2.05) is 24.3 Å². The summed E-state index contributed by atoms with van der Waals surface area (Å²) < 4.78 is 0. The van der Waals surface area contributed by atoms with Crippen LogP contribution >= 0.6 is 11.6 Å². The fourth-order valence-electron chi connectivity index (χ4n) is 2.25. The van der Waals surface area contributed by atoms with E-state index in [0.717, 1.165) is 37.3 Å². The molecular formula is C14H18ClNO. The molecule has 2 rings (SSSR count). The fraction of sp³-hybridized carbons (Fsp3) is 0.500. The molecule has 1 aromatic rings. The number of benzene rings is 1. The molecule has 0 saturated carbocycles. The van der Waals surface area contributed by atoms with Crippen molar-refractivity contribution in [1.82, 2.24) is 5.32 Å². The van der Waals surface area contributed by atoms with Crippen LogP contribution in [0.4, 0.5) is 0 Å². The normalized spacial score (nSPS) is 19.5. The Balaban J connectivity index is 1.72. The van der Waals surface area contributed by atoms with Gasteiger partial charge in [0.2, 0.25) is 0 Å². The Morgan fingerprint density at radius 1 is 1.35 bits per heavy atom. The molecule has 2 nitrogen and oxygen atoms in total. The molecule has 0 unspecified atom stereocenters. The van der Waals surface area contributed by atoms with E-state index in [9.17, 15) is 4.79 Å². The van der Waals surface area contributed by atoms with Gasteiger partial charge in [0.05, 0.1) is 6.04 Å². The van der Waals surface area contributed by atoms with Gasteiger partial charge in [0.1, 0.15) is 5.78 Å². The quantitative estimate of drug-likeness (QED) is 0.872. The highest BCUT2D eigenvalue weighted by atomic mass is 35.5. The summed E-state index contributed by atoms with van der Waals surface area (Å²) in [4.78, 5) is 11.8. The van der Waals surface area contributed by atoms with E-state index >= 15 is 0 Å². The molecule has 1 heterocycles. The van der Waals surface area contributed by atoms with Gasteiger partial charge in [-0.3, -0.25) is 4.79 Å². The lowest BCUT2D eigenvalue weighted by atomic mass is 10.0. The van der Waals surface area contributed by atoms with Gasteiger partial charge in [-0.1, -0.05) is 23.7 Å². The number of carbonyl (C=O) groups excluding carboxylic acids is 1. The van der Waals surface area contributed by atoms with Gasteiger partial charge in [0.15, 0.2) is 0 Å². The molecule has 0 amide bonds. The smallest absolute Gasteiger partial charge is 0.149 e. The van der Waals surface area contributed by atoms with Crippen molar-refractivity contribution in [3.63, 3.8) is 0 Å². The Bertz CT molecular complexity index is 368. The van der Waals surface area contributed by atoms with Crippen molar-refractivity contribution in [2.45, 2.75) is 38.1 Å². The zero-order chi connectivity index (χ0) is 12.1. The lowest BCUT2D eigenvalue weighted by Gasteiger charge is -2.08. The third kappa shape index (κ3) is 3.83. The predicted octanol–water partition coefficient (Wildman–Crippen LogP) is 2.98. The molecular weight excluding hydrogens is 234 g/mol. The first-order chi connectivity index (χ1) is 8.25. The highest BCUT2D eigenvalue weighted by Crippen LogP contribution is 2.13. The van der Waals surface area contributed by atoms with Crippen LogP contribution in [0.5, 0.6) is 0 Å². The van der Waals surface area contributed by atoms with Crippen LogP contribution in [0.25, 0.3) is 0 Å². The number of ketones is 1. The van der Waals surface area contributed by atoms with Crippen molar-refractivity contribution in [1.29, 1.82) is 0 Å². The van der Waals surface area contributed by atoms with E-state index in [0.29, 0.717) is 12.2 Å². The van der Waals surface area contributed by atoms with Crippen LogP contribution in [-0.2, 0) is 11.2 Å². The maximum absolute atomic E-state index is 11.8. The molecule has 1 aromatic carbocycles. The van der Waals surface area contributed by atoms with E-state index in [4.69, 9.17) is 11.6 Å². The molecule has 1 aliphatic heterocycles. The predicted molar refractivity (Wildman–Crippen MR) is 70.4 cm³/mol. The minimum absolute atomic E-state index is 0.125. The number of halogens is 1. The lowest BCUT2D eigenvalue weighted by Crippen LogP contribution is -2.30. The average molecular weight is 252 g/mol. The molecule has 3 heteroatoms. The van der Waals surface area contributed by atoms with Crippen LogP contribution in [0.15, 0.2) is 24.3 Å². The SMILES string of the molecule is O=C(CCCc1ccc(Cl)cc1)[C@@H]1CCCN1. The molecule has 0 aliphatic carbocycles. The summed E-state index contributed by atoms with van der Waals surface area (Å²) in [6, 6.07) is 7.98. The number of carbonyl (C=O) groups is 1. The minimum atomic E-state index is 0.125. The van der Waals surface area contributed by atoms with Crippen molar-refractivity contribution in [3.05, 3.63) is 34.9 Å². The second kappa shape index (κ2) is 6.18. The second-order valence-electron chi connectivity index (χ2n) is 4.60. The molecule has 1 saturated heterocycles. The van der Waals surface area contributed by atoms with Gasteiger partial charge in [-0.25, -0.2) is 0 Å². The largest absolute Gasteiger partial charge is 0.307 e. The van der Waals surface area contributed by atoms with Gasteiger partial charge >= 0.3 is 0 Å². The lowest BCUT2D eigenvalue weighted by molar-refractivity contribution is -0.120. The van der Waals surface area contributed by atoms with Crippen LogP contribution in [0.3, 0.4) is 0 Å². The van der Waals surface area contributed by atoms with Crippen molar-refractivity contribution < 1.29 is 4.79 Å². The molecule has 0 aromatic heterocycles. The summed E-state index contributed by atoms with van der Waals surface area (Å²) in [6.07, 6.45) is 4.71. The summed E-state index contributed by atoms with van der Waals surface area (Å²) in [5.41, 5.74) is 1.25. The third-order valence-electron chi connectivity index (χ3n) is 3.25. The monoisotopic (exact) mass is 251 g/mol. The topological polar surface area (TPSA) is 29.1 Å². The minimum Gasteiger partial charge on any atom is -0.307 e. The molecule has 0 radical (unpaired) electrons. The zero-order valence-electron chi connectivity index (χ0n) is 9.92. The van der Waals surface area contributed by atoms with E-state index in [2.05, 4.69) is 5.32 Å². The summed E-state index contributed by atoms with van der Waals surface area (Å²) >= 11 is 5.82. The van der Waals surface area contributed by atoms with Crippen LogP contribution in [-0.4, -0.2) is 18.4 Å². The maximum atomic E-state index is 11.8. The van der Waals surface area contributed by atoms with E-state index < -0.39 is 0 Å². The van der Waals surface area contributed by atoms with Crippen LogP contribution in [0, 0.1) is 0 Å². The van der Waals surface area contributed by atoms with Gasteiger partial charge in [-0.05, 0) is 49.9 Å². The number of aryl methyl sites for hydroxylation is 1. The fourth-order valence-corrected chi connectivity index (χ4v) is 2.38. The first-order valence-corrected chi connectivity index (χ1v) is 6.64. The van der Waals surface area contributed by atoms with E-state index in [1.54, 1.807) is 0 Å². The summed E-state index contributed by atoms with van der Waals surface area (Å²) in [5.74, 6) is 0.372. The molecule has 0 bridgehead atoms. The Morgan fingerprint density at radius 2 is 2.12 bits per heavy atom. The van der Waals surface area contributed by atoms with Crippen LogP contribution in [0.2, 0.25) is 5.02 Å². The maximum Gasteiger partial charge on any atom is 0.149 e. The third-order valence-corrected chi connectivity index (χ3v) is 3.50. The summed E-state index contributed by atoms with van der Waals surface area (Å²) in [5, 5.41) is 4.01. The molecule has 1 aliphatic rings. The van der Waals surface area contributed by atoms with Gasteiger partial charge in [-0.15, -0.1) is 0 Å².